The van der Waals surface area contributed by atoms with E-state index in [2.05, 4.69) is 38.4 Å². The van der Waals surface area contributed by atoms with Crippen molar-refractivity contribution < 1.29 is 14.3 Å². The summed E-state index contributed by atoms with van der Waals surface area (Å²) in [5.41, 5.74) is 4.90. The van der Waals surface area contributed by atoms with Crippen molar-refractivity contribution in [2.45, 2.75) is 19.8 Å². The number of ether oxygens (including phenoxy) is 1. The van der Waals surface area contributed by atoms with E-state index in [0.29, 0.717) is 5.75 Å². The summed E-state index contributed by atoms with van der Waals surface area (Å²) in [6, 6.07) is 13.1. The van der Waals surface area contributed by atoms with Gasteiger partial charge in [-0.1, -0.05) is 12.1 Å². The molecule has 0 atom stereocenters. The SMILES string of the molecule is COc1ccccc1C=NNC(=O)CCC(=O)Nc1ccc(I)cc1C. The number of halogens is 1. The predicted molar refractivity (Wildman–Crippen MR) is 110 cm³/mol. The first-order chi connectivity index (χ1) is 12.5. The Hall–Kier alpha value is -2.42. The second-order valence-electron chi connectivity index (χ2n) is 5.54. The molecule has 2 aromatic rings. The molecule has 0 saturated carbocycles. The van der Waals surface area contributed by atoms with E-state index in [1.807, 2.05) is 43.3 Å². The minimum atomic E-state index is -0.328. The van der Waals surface area contributed by atoms with Gasteiger partial charge < -0.3 is 10.1 Å². The van der Waals surface area contributed by atoms with Crippen LogP contribution in [0.2, 0.25) is 0 Å². The molecule has 0 aliphatic carbocycles. The molecule has 0 unspecified atom stereocenters. The van der Waals surface area contributed by atoms with Crippen molar-refractivity contribution in [3.05, 3.63) is 57.2 Å². The van der Waals surface area contributed by atoms with Crippen LogP contribution < -0.4 is 15.5 Å². The average molecular weight is 465 g/mol. The fourth-order valence-corrected chi connectivity index (χ4v) is 2.86. The normalized spacial score (nSPS) is 10.6. The van der Waals surface area contributed by atoms with Crippen molar-refractivity contribution in [3.63, 3.8) is 0 Å². The van der Waals surface area contributed by atoms with Crippen LogP contribution in [-0.4, -0.2) is 25.1 Å². The Balaban J connectivity index is 1.79. The Morgan fingerprint density at radius 3 is 2.62 bits per heavy atom. The van der Waals surface area contributed by atoms with E-state index in [1.54, 1.807) is 13.2 Å². The molecule has 2 aromatic carbocycles. The zero-order chi connectivity index (χ0) is 18.9. The number of para-hydroxylation sites is 1. The number of aryl methyl sites for hydroxylation is 1. The fourth-order valence-electron chi connectivity index (χ4n) is 2.21. The predicted octanol–water partition coefficient (Wildman–Crippen LogP) is 3.48. The Bertz CT molecular complexity index is 821. The lowest BCUT2D eigenvalue weighted by Gasteiger charge is -2.08. The van der Waals surface area contributed by atoms with E-state index in [0.717, 1.165) is 20.4 Å². The summed E-state index contributed by atoms with van der Waals surface area (Å²) >= 11 is 2.22. The Morgan fingerprint density at radius 1 is 1.15 bits per heavy atom. The van der Waals surface area contributed by atoms with Crippen LogP contribution in [-0.2, 0) is 9.59 Å². The second-order valence-corrected chi connectivity index (χ2v) is 6.79. The van der Waals surface area contributed by atoms with Gasteiger partial charge in [-0.15, -0.1) is 0 Å². The van der Waals surface area contributed by atoms with Gasteiger partial charge in [-0.25, -0.2) is 5.43 Å². The third-order valence-corrected chi connectivity index (χ3v) is 4.24. The minimum absolute atomic E-state index is 0.0541. The highest BCUT2D eigenvalue weighted by atomic mass is 127. The molecule has 0 fully saturated rings. The molecule has 0 saturated heterocycles. The van der Waals surface area contributed by atoms with E-state index in [-0.39, 0.29) is 24.7 Å². The van der Waals surface area contributed by atoms with Crippen molar-refractivity contribution in [1.29, 1.82) is 0 Å². The first-order valence-electron chi connectivity index (χ1n) is 8.00. The third-order valence-electron chi connectivity index (χ3n) is 3.57. The van der Waals surface area contributed by atoms with Gasteiger partial charge in [0, 0.05) is 27.7 Å². The van der Waals surface area contributed by atoms with Gasteiger partial charge in [0.25, 0.3) is 0 Å². The van der Waals surface area contributed by atoms with Gasteiger partial charge in [0.2, 0.25) is 11.8 Å². The molecule has 6 nitrogen and oxygen atoms in total. The maximum Gasteiger partial charge on any atom is 0.240 e. The highest BCUT2D eigenvalue weighted by Gasteiger charge is 2.08. The van der Waals surface area contributed by atoms with Gasteiger partial charge in [-0.05, 0) is 65.4 Å². The molecular formula is C19H20IN3O3. The molecule has 2 N–H and O–H groups in total. The molecule has 2 amide bonds. The zero-order valence-corrected chi connectivity index (χ0v) is 16.7. The van der Waals surface area contributed by atoms with Crippen molar-refractivity contribution in [3.8, 4) is 5.75 Å². The maximum atomic E-state index is 12.0. The number of hydrogen-bond acceptors (Lipinski definition) is 4. The van der Waals surface area contributed by atoms with E-state index < -0.39 is 0 Å². The Labute approximate surface area is 166 Å². The van der Waals surface area contributed by atoms with Crippen LogP contribution in [0.25, 0.3) is 0 Å². The standard InChI is InChI=1S/C19H20IN3O3/c1-13-11-15(20)7-8-16(13)22-18(24)9-10-19(25)23-21-12-14-5-3-4-6-17(14)26-2/h3-8,11-12H,9-10H2,1-2H3,(H,22,24)(H,23,25). The van der Waals surface area contributed by atoms with Gasteiger partial charge in [-0.2, -0.15) is 5.10 Å². The number of rotatable bonds is 7. The van der Waals surface area contributed by atoms with E-state index in [4.69, 9.17) is 4.74 Å². The van der Waals surface area contributed by atoms with Crippen molar-refractivity contribution in [2.75, 3.05) is 12.4 Å². The third kappa shape index (κ3) is 6.14. The van der Waals surface area contributed by atoms with Gasteiger partial charge >= 0.3 is 0 Å². The molecule has 2 rings (SSSR count). The molecule has 0 spiro atoms. The molecular weight excluding hydrogens is 445 g/mol. The molecule has 0 radical (unpaired) electrons. The Morgan fingerprint density at radius 2 is 1.88 bits per heavy atom. The van der Waals surface area contributed by atoms with Gasteiger partial charge in [-0.3, -0.25) is 9.59 Å². The van der Waals surface area contributed by atoms with Crippen molar-refractivity contribution in [2.24, 2.45) is 5.10 Å². The minimum Gasteiger partial charge on any atom is -0.496 e. The number of amides is 2. The topological polar surface area (TPSA) is 79.8 Å². The summed E-state index contributed by atoms with van der Waals surface area (Å²) in [5.74, 6) is 0.126. The number of nitrogens with zero attached hydrogens (tertiary/aromatic N) is 1. The molecule has 26 heavy (non-hydrogen) atoms. The first kappa shape index (κ1) is 19.9. The Kier molecular flexibility index (Phi) is 7.58. The maximum absolute atomic E-state index is 12.0. The highest BCUT2D eigenvalue weighted by Crippen LogP contribution is 2.18. The number of anilines is 1. The van der Waals surface area contributed by atoms with E-state index in [9.17, 15) is 9.59 Å². The van der Waals surface area contributed by atoms with Gasteiger partial charge in [0.1, 0.15) is 5.75 Å². The quantitative estimate of drug-likeness (QED) is 0.374. The summed E-state index contributed by atoms with van der Waals surface area (Å²) < 4.78 is 6.30. The fraction of sp³-hybridized carbons (Fsp3) is 0.211. The van der Waals surface area contributed by atoms with Crippen LogP contribution in [0.4, 0.5) is 5.69 Å². The lowest BCUT2D eigenvalue weighted by molar-refractivity contribution is -0.124. The van der Waals surface area contributed by atoms with Crippen LogP contribution in [0.5, 0.6) is 5.75 Å². The number of benzene rings is 2. The molecule has 136 valence electrons. The summed E-state index contributed by atoms with van der Waals surface area (Å²) in [6.07, 6.45) is 1.64. The first-order valence-corrected chi connectivity index (χ1v) is 9.08. The molecule has 0 heterocycles. The van der Waals surface area contributed by atoms with Crippen LogP contribution >= 0.6 is 22.6 Å². The highest BCUT2D eigenvalue weighted by molar-refractivity contribution is 14.1. The van der Waals surface area contributed by atoms with Crippen molar-refractivity contribution in [1.82, 2.24) is 5.43 Å². The largest absolute Gasteiger partial charge is 0.496 e. The molecule has 7 heteroatoms. The number of hydrazone groups is 1. The van der Waals surface area contributed by atoms with E-state index >= 15 is 0 Å². The summed E-state index contributed by atoms with van der Waals surface area (Å²) in [7, 11) is 1.57. The monoisotopic (exact) mass is 465 g/mol. The zero-order valence-electron chi connectivity index (χ0n) is 14.6. The number of methoxy groups -OCH3 is 1. The number of hydrogen-bond donors (Lipinski definition) is 2. The summed E-state index contributed by atoms with van der Waals surface area (Å²) in [4.78, 5) is 23.8. The molecule has 0 aliphatic heterocycles. The molecule has 0 bridgehead atoms. The second kappa shape index (κ2) is 9.91. The molecule has 0 aromatic heterocycles. The number of carbonyl (C=O) groups is 2. The average Bonchev–Trinajstić information content (AvgIpc) is 2.63. The van der Waals surface area contributed by atoms with E-state index in [1.165, 1.54) is 6.21 Å². The van der Waals surface area contributed by atoms with Crippen LogP contribution in [0, 0.1) is 10.5 Å². The van der Waals surface area contributed by atoms with Crippen LogP contribution in [0.3, 0.4) is 0 Å². The summed E-state index contributed by atoms with van der Waals surface area (Å²) in [5, 5.41) is 6.71. The van der Waals surface area contributed by atoms with Crippen molar-refractivity contribution >= 4 is 46.3 Å². The smallest absolute Gasteiger partial charge is 0.240 e. The lowest BCUT2D eigenvalue weighted by Crippen LogP contribution is -2.21. The van der Waals surface area contributed by atoms with Crippen LogP contribution in [0.1, 0.15) is 24.0 Å². The van der Waals surface area contributed by atoms with Crippen LogP contribution in [0.15, 0.2) is 47.6 Å². The summed E-state index contributed by atoms with van der Waals surface area (Å²) in [6.45, 7) is 1.93. The number of carbonyl (C=O) groups excluding carboxylic acids is 2. The molecule has 0 aliphatic rings. The lowest BCUT2D eigenvalue weighted by atomic mass is 10.2. The number of nitrogens with one attached hydrogen (secondary N) is 2. The van der Waals surface area contributed by atoms with Gasteiger partial charge in [0.05, 0.1) is 13.3 Å². The van der Waals surface area contributed by atoms with Gasteiger partial charge in [0.15, 0.2) is 0 Å².